The number of pyridine rings is 1. The van der Waals surface area contributed by atoms with Gasteiger partial charge in [-0.05, 0) is 44.4 Å². The Morgan fingerprint density at radius 2 is 2.12 bits per heavy atom. The lowest BCUT2D eigenvalue weighted by atomic mass is 10.1. The normalized spacial score (nSPS) is 22.0. The van der Waals surface area contributed by atoms with Gasteiger partial charge in [0.05, 0.1) is 11.6 Å². The number of nitrogens with zero attached hydrogens (tertiary/aromatic N) is 5. The van der Waals surface area contributed by atoms with Crippen LogP contribution in [0.15, 0.2) is 18.3 Å². The highest BCUT2D eigenvalue weighted by molar-refractivity contribution is 5.94. The molecule has 1 aliphatic heterocycles. The molecule has 26 heavy (non-hydrogen) atoms. The van der Waals surface area contributed by atoms with E-state index in [1.54, 1.807) is 0 Å². The molecular weight excluding hydrogens is 328 g/mol. The molecule has 0 unspecified atom stereocenters. The summed E-state index contributed by atoms with van der Waals surface area (Å²) in [6.07, 6.45) is 5.56. The molecule has 3 heterocycles. The van der Waals surface area contributed by atoms with Gasteiger partial charge in [-0.15, -0.1) is 10.2 Å². The molecule has 0 aromatic carbocycles. The first kappa shape index (κ1) is 17.4. The van der Waals surface area contributed by atoms with Gasteiger partial charge in [0.25, 0.3) is 5.91 Å². The summed E-state index contributed by atoms with van der Waals surface area (Å²) in [5.41, 5.74) is 1.44. The smallest absolute Gasteiger partial charge is 0.252 e. The van der Waals surface area contributed by atoms with E-state index in [1.165, 1.54) is 19.4 Å². The van der Waals surface area contributed by atoms with E-state index in [9.17, 15) is 4.79 Å². The summed E-state index contributed by atoms with van der Waals surface area (Å²) < 4.78 is 1.99. The Hall–Kier alpha value is -1.99. The van der Waals surface area contributed by atoms with Crippen molar-refractivity contribution in [3.63, 3.8) is 0 Å². The third kappa shape index (κ3) is 3.59. The van der Waals surface area contributed by atoms with Crippen LogP contribution in [0.3, 0.4) is 0 Å². The zero-order valence-corrected chi connectivity index (χ0v) is 15.7. The van der Waals surface area contributed by atoms with Crippen molar-refractivity contribution in [1.29, 1.82) is 0 Å². The molecule has 1 saturated carbocycles. The highest BCUT2D eigenvalue weighted by atomic mass is 16.1. The van der Waals surface area contributed by atoms with Crippen LogP contribution in [-0.2, 0) is 0 Å². The summed E-state index contributed by atoms with van der Waals surface area (Å²) in [7, 11) is 2.15. The van der Waals surface area contributed by atoms with Crippen LogP contribution in [0, 0.1) is 5.92 Å². The minimum atomic E-state index is -0.0410. The Morgan fingerprint density at radius 1 is 1.27 bits per heavy atom. The number of carbonyl (C=O) groups is 1. The zero-order chi connectivity index (χ0) is 18.1. The molecule has 2 aliphatic rings. The quantitative estimate of drug-likeness (QED) is 0.851. The SMILES string of the molecule is CCCNC(=O)c1ccc2nnc([C@@H]3CN(CC4CC4)CCN3C)n2c1. The van der Waals surface area contributed by atoms with Gasteiger partial charge in [0, 0.05) is 38.9 Å². The van der Waals surface area contributed by atoms with Gasteiger partial charge in [-0.2, -0.15) is 0 Å². The van der Waals surface area contributed by atoms with Gasteiger partial charge < -0.3 is 5.32 Å². The summed E-state index contributed by atoms with van der Waals surface area (Å²) >= 11 is 0. The lowest BCUT2D eigenvalue weighted by Gasteiger charge is -2.38. The summed E-state index contributed by atoms with van der Waals surface area (Å²) in [5.74, 6) is 1.77. The van der Waals surface area contributed by atoms with Gasteiger partial charge in [0.15, 0.2) is 11.5 Å². The maximum absolute atomic E-state index is 12.3. The largest absolute Gasteiger partial charge is 0.352 e. The second kappa shape index (κ2) is 7.32. The van der Waals surface area contributed by atoms with Gasteiger partial charge in [0.1, 0.15) is 0 Å². The standard InChI is InChI=1S/C19H28N6O/c1-3-8-20-19(26)15-6-7-17-21-22-18(25(17)12-15)16-13-24(10-9-23(16)2)11-14-4-5-14/h6-7,12,14,16H,3-5,8-11,13H2,1-2H3,(H,20,26)/t16-/m0/s1. The molecule has 1 amide bonds. The van der Waals surface area contributed by atoms with Crippen molar-refractivity contribution in [3.05, 3.63) is 29.7 Å². The molecule has 4 rings (SSSR count). The van der Waals surface area contributed by atoms with E-state index in [0.29, 0.717) is 12.1 Å². The van der Waals surface area contributed by atoms with E-state index in [0.717, 1.165) is 43.4 Å². The number of rotatable bonds is 6. The number of nitrogens with one attached hydrogen (secondary N) is 1. The number of piperazine rings is 1. The molecule has 2 aromatic rings. The molecule has 1 N–H and O–H groups in total. The average molecular weight is 356 g/mol. The van der Waals surface area contributed by atoms with Crippen LogP contribution >= 0.6 is 0 Å². The van der Waals surface area contributed by atoms with Gasteiger partial charge in [0.2, 0.25) is 0 Å². The van der Waals surface area contributed by atoms with Crippen molar-refractivity contribution in [2.45, 2.75) is 32.2 Å². The van der Waals surface area contributed by atoms with Crippen LogP contribution in [0.2, 0.25) is 0 Å². The second-order valence-electron chi connectivity index (χ2n) is 7.66. The Kier molecular flexibility index (Phi) is 4.91. The van der Waals surface area contributed by atoms with Gasteiger partial charge in [-0.1, -0.05) is 6.92 Å². The number of hydrogen-bond acceptors (Lipinski definition) is 5. The van der Waals surface area contributed by atoms with Gasteiger partial charge >= 0.3 is 0 Å². The molecule has 0 bridgehead atoms. The number of aromatic nitrogens is 3. The summed E-state index contributed by atoms with van der Waals surface area (Å²) in [6, 6.07) is 3.90. The molecule has 1 saturated heterocycles. The predicted octanol–water partition coefficient (Wildman–Crippen LogP) is 1.57. The molecule has 1 atom stereocenters. The van der Waals surface area contributed by atoms with Crippen molar-refractivity contribution >= 4 is 11.6 Å². The van der Waals surface area contributed by atoms with Crippen molar-refractivity contribution in [3.8, 4) is 0 Å². The molecule has 2 fully saturated rings. The molecular formula is C19H28N6O. The van der Waals surface area contributed by atoms with Gasteiger partial charge in [-0.3, -0.25) is 19.0 Å². The van der Waals surface area contributed by atoms with E-state index in [4.69, 9.17) is 0 Å². The predicted molar refractivity (Wildman–Crippen MR) is 100 cm³/mol. The molecule has 0 radical (unpaired) electrons. The highest BCUT2D eigenvalue weighted by Crippen LogP contribution is 2.32. The van der Waals surface area contributed by atoms with Crippen LogP contribution in [0.1, 0.15) is 48.4 Å². The molecule has 140 valence electrons. The van der Waals surface area contributed by atoms with E-state index in [-0.39, 0.29) is 11.9 Å². The zero-order valence-electron chi connectivity index (χ0n) is 15.7. The van der Waals surface area contributed by atoms with Gasteiger partial charge in [-0.25, -0.2) is 0 Å². The monoisotopic (exact) mass is 356 g/mol. The number of likely N-dealkylation sites (N-methyl/N-ethyl adjacent to an activating group) is 1. The van der Waals surface area contributed by atoms with Crippen molar-refractivity contribution in [1.82, 2.24) is 29.7 Å². The summed E-state index contributed by atoms with van der Waals surface area (Å²) in [4.78, 5) is 17.2. The van der Waals surface area contributed by atoms with Crippen LogP contribution in [0.5, 0.6) is 0 Å². The lowest BCUT2D eigenvalue weighted by molar-refractivity contribution is 0.0869. The Morgan fingerprint density at radius 3 is 2.88 bits per heavy atom. The minimum absolute atomic E-state index is 0.0410. The fourth-order valence-electron chi connectivity index (χ4n) is 3.65. The summed E-state index contributed by atoms with van der Waals surface area (Å²) in [6.45, 7) is 7.06. The van der Waals surface area contributed by atoms with Crippen LogP contribution in [0.25, 0.3) is 5.65 Å². The minimum Gasteiger partial charge on any atom is -0.352 e. The number of fused-ring (bicyclic) bond motifs is 1. The first-order valence-electron chi connectivity index (χ1n) is 9.71. The Balaban J connectivity index is 1.59. The Labute approximate surface area is 154 Å². The number of carbonyl (C=O) groups excluding carboxylic acids is 1. The van der Waals surface area contributed by atoms with Crippen molar-refractivity contribution in [2.24, 2.45) is 5.92 Å². The lowest BCUT2D eigenvalue weighted by Crippen LogP contribution is -2.47. The molecule has 2 aromatic heterocycles. The van der Waals surface area contributed by atoms with Crippen LogP contribution in [0.4, 0.5) is 0 Å². The molecule has 1 aliphatic carbocycles. The first-order chi connectivity index (χ1) is 12.7. The highest BCUT2D eigenvalue weighted by Gasteiger charge is 2.32. The van der Waals surface area contributed by atoms with Crippen LogP contribution in [-0.4, -0.2) is 70.1 Å². The second-order valence-corrected chi connectivity index (χ2v) is 7.66. The Bertz CT molecular complexity index is 783. The number of hydrogen-bond donors (Lipinski definition) is 1. The van der Waals surface area contributed by atoms with E-state index < -0.39 is 0 Å². The topological polar surface area (TPSA) is 65.8 Å². The van der Waals surface area contributed by atoms with Crippen LogP contribution < -0.4 is 5.32 Å². The van der Waals surface area contributed by atoms with E-state index in [2.05, 4.69) is 32.4 Å². The maximum atomic E-state index is 12.3. The van der Waals surface area contributed by atoms with Crippen molar-refractivity contribution < 1.29 is 4.79 Å². The van der Waals surface area contributed by atoms with E-state index >= 15 is 0 Å². The third-order valence-electron chi connectivity index (χ3n) is 5.47. The van der Waals surface area contributed by atoms with Crippen molar-refractivity contribution in [2.75, 3.05) is 39.8 Å². The maximum Gasteiger partial charge on any atom is 0.252 e. The molecule has 7 heteroatoms. The first-order valence-corrected chi connectivity index (χ1v) is 9.71. The average Bonchev–Trinajstić information content (AvgIpc) is 3.37. The fraction of sp³-hybridized carbons (Fsp3) is 0.632. The fourth-order valence-corrected chi connectivity index (χ4v) is 3.65. The summed E-state index contributed by atoms with van der Waals surface area (Å²) in [5, 5.41) is 11.7. The third-order valence-corrected chi connectivity index (χ3v) is 5.47. The van der Waals surface area contributed by atoms with E-state index in [1.807, 2.05) is 29.7 Å². The molecule has 0 spiro atoms. The molecule has 7 nitrogen and oxygen atoms in total. The number of amides is 1.